The molecule has 0 N–H and O–H groups in total. The van der Waals surface area contributed by atoms with Gasteiger partial charge in [0.1, 0.15) is 24.2 Å². The summed E-state index contributed by atoms with van der Waals surface area (Å²) < 4.78 is 59.9. The number of amides is 2. The number of benzene rings is 1. The van der Waals surface area contributed by atoms with Crippen molar-refractivity contribution in [1.82, 2.24) is 24.6 Å². The quantitative estimate of drug-likeness (QED) is 0.148. The Balaban J connectivity index is 1.22. The van der Waals surface area contributed by atoms with Crippen LogP contribution < -0.4 is 14.5 Å². The Morgan fingerprint density at radius 2 is 1.84 bits per heavy atom. The first-order chi connectivity index (χ1) is 24.3. The van der Waals surface area contributed by atoms with Crippen LogP contribution in [0.5, 0.6) is 5.75 Å². The highest BCUT2D eigenvalue weighted by molar-refractivity contribution is 7.43. The normalized spacial score (nSPS) is 22.0. The van der Waals surface area contributed by atoms with Crippen LogP contribution in [0, 0.1) is 5.92 Å². The van der Waals surface area contributed by atoms with Crippen molar-refractivity contribution in [1.29, 1.82) is 0 Å². The lowest BCUT2D eigenvalue weighted by molar-refractivity contribution is -0.345. The summed E-state index contributed by atoms with van der Waals surface area (Å²) in [6, 6.07) is 7.88. The van der Waals surface area contributed by atoms with E-state index in [2.05, 4.69) is 14.6 Å². The van der Waals surface area contributed by atoms with Gasteiger partial charge in [-0.25, -0.2) is 9.48 Å². The van der Waals surface area contributed by atoms with Crippen LogP contribution in [0.1, 0.15) is 61.1 Å². The minimum Gasteiger partial charge on any atom is -0.790 e. The van der Waals surface area contributed by atoms with Gasteiger partial charge in [-0.05, 0) is 43.4 Å². The number of phosphoric acid groups is 1. The maximum atomic E-state index is 14.1. The van der Waals surface area contributed by atoms with Gasteiger partial charge < -0.3 is 38.0 Å². The number of pyridine rings is 1. The van der Waals surface area contributed by atoms with Gasteiger partial charge in [-0.1, -0.05) is 23.7 Å². The van der Waals surface area contributed by atoms with Gasteiger partial charge in [0.2, 0.25) is 0 Å². The maximum Gasteiger partial charge on any atom is 0.410 e. The van der Waals surface area contributed by atoms with Gasteiger partial charge >= 0.3 is 18.6 Å². The van der Waals surface area contributed by atoms with E-state index >= 15 is 0 Å². The predicted octanol–water partition coefficient (Wildman–Crippen LogP) is 3.90. The fraction of sp³-hybridized carbons (Fsp3) is 0.469. The highest BCUT2D eigenvalue weighted by Crippen LogP contribution is 2.37. The molecule has 3 aromatic rings. The molecule has 274 valence electrons. The summed E-state index contributed by atoms with van der Waals surface area (Å²) in [5.41, 5.74) is 1.15. The van der Waals surface area contributed by atoms with E-state index in [1.54, 1.807) is 29.2 Å². The van der Waals surface area contributed by atoms with E-state index in [-0.39, 0.29) is 61.9 Å². The van der Waals surface area contributed by atoms with Crippen molar-refractivity contribution in [2.24, 2.45) is 5.92 Å². The van der Waals surface area contributed by atoms with Crippen LogP contribution in [0.25, 0.3) is 11.1 Å². The number of alkyl halides is 2. The SMILES string of the molecule is O=C(OCN(Cc1ccc(Cl)cc1)C(=O)c1cc(O[C@H]2CCN3C(=O)OC[C@@H]3C2)c(-c2cnn(C(F)F)c2)cn1)C1CCC(OP(=O)([O-])[O-])CC1. The molecule has 15 nitrogen and oxygen atoms in total. The number of carbonyl (C=O) groups excluding carboxylic acids is 3. The largest absolute Gasteiger partial charge is 0.790 e. The molecule has 0 radical (unpaired) electrons. The predicted molar refractivity (Wildman–Crippen MR) is 169 cm³/mol. The minimum absolute atomic E-state index is 0.0128. The highest BCUT2D eigenvalue weighted by atomic mass is 35.5. The van der Waals surface area contributed by atoms with Crippen LogP contribution in [0.3, 0.4) is 0 Å². The van der Waals surface area contributed by atoms with E-state index in [9.17, 15) is 37.5 Å². The van der Waals surface area contributed by atoms with Crippen LogP contribution in [0.4, 0.5) is 13.6 Å². The van der Waals surface area contributed by atoms with Crippen LogP contribution >= 0.6 is 19.4 Å². The number of carbonyl (C=O) groups is 3. The fourth-order valence-corrected chi connectivity index (χ4v) is 7.10. The number of hydrogen-bond acceptors (Lipinski definition) is 12. The van der Waals surface area contributed by atoms with E-state index in [1.165, 1.54) is 23.4 Å². The molecule has 0 bridgehead atoms. The Labute approximate surface area is 295 Å². The van der Waals surface area contributed by atoms with Crippen LogP contribution in [0.2, 0.25) is 5.02 Å². The van der Waals surface area contributed by atoms with E-state index in [0.29, 0.717) is 40.2 Å². The zero-order valence-corrected chi connectivity index (χ0v) is 28.6. The van der Waals surface area contributed by atoms with Gasteiger partial charge in [0.05, 0.1) is 32.1 Å². The second-order valence-electron chi connectivity index (χ2n) is 12.5. The van der Waals surface area contributed by atoms with Gasteiger partial charge in [-0.3, -0.25) is 19.5 Å². The molecule has 2 aliphatic heterocycles. The molecule has 1 saturated carbocycles. The van der Waals surface area contributed by atoms with Gasteiger partial charge in [0, 0.05) is 60.5 Å². The molecule has 0 spiro atoms. The maximum absolute atomic E-state index is 14.1. The van der Waals surface area contributed by atoms with Crippen LogP contribution in [0.15, 0.2) is 48.9 Å². The summed E-state index contributed by atoms with van der Waals surface area (Å²) in [4.78, 5) is 68.3. The molecule has 2 atom stereocenters. The van der Waals surface area contributed by atoms with Crippen molar-refractivity contribution < 1.29 is 56.3 Å². The molecule has 3 fully saturated rings. The van der Waals surface area contributed by atoms with Crippen LogP contribution in [-0.4, -0.2) is 80.7 Å². The van der Waals surface area contributed by atoms with Crippen molar-refractivity contribution in [3.05, 3.63) is 65.2 Å². The van der Waals surface area contributed by atoms with Gasteiger partial charge in [-0.15, -0.1) is 0 Å². The number of esters is 1. The summed E-state index contributed by atoms with van der Waals surface area (Å²) in [5, 5.41) is 4.19. The number of hydrogen-bond donors (Lipinski definition) is 0. The molecule has 6 rings (SSSR count). The minimum atomic E-state index is -5.16. The van der Waals surface area contributed by atoms with Crippen LogP contribution in [-0.2, 0) is 29.9 Å². The lowest BCUT2D eigenvalue weighted by Crippen LogP contribution is -2.44. The summed E-state index contributed by atoms with van der Waals surface area (Å²) in [6.07, 6.45) is 3.74. The summed E-state index contributed by atoms with van der Waals surface area (Å²) in [6.45, 7) is -2.77. The molecule has 3 aliphatic rings. The smallest absolute Gasteiger partial charge is 0.410 e. The van der Waals surface area contributed by atoms with Crippen molar-refractivity contribution in [3.63, 3.8) is 0 Å². The van der Waals surface area contributed by atoms with E-state index in [0.717, 1.165) is 6.20 Å². The monoisotopic (exact) mass is 751 g/mol. The van der Waals surface area contributed by atoms with Gasteiger partial charge in [0.25, 0.3) is 5.91 Å². The molecule has 51 heavy (non-hydrogen) atoms. The first-order valence-corrected chi connectivity index (χ1v) is 18.0. The van der Waals surface area contributed by atoms with Gasteiger partial charge in [-0.2, -0.15) is 13.9 Å². The third-order valence-corrected chi connectivity index (χ3v) is 9.82. The molecule has 1 aromatic carbocycles. The van der Waals surface area contributed by atoms with Crippen molar-refractivity contribution in [3.8, 4) is 16.9 Å². The molecule has 0 unspecified atom stereocenters. The van der Waals surface area contributed by atoms with Crippen molar-refractivity contribution >= 4 is 37.4 Å². The molecule has 2 saturated heterocycles. The van der Waals surface area contributed by atoms with E-state index in [4.69, 9.17) is 25.8 Å². The third-order valence-electron chi connectivity index (χ3n) is 9.01. The van der Waals surface area contributed by atoms with E-state index < -0.39 is 57.2 Å². The third kappa shape index (κ3) is 9.21. The summed E-state index contributed by atoms with van der Waals surface area (Å²) in [7, 11) is -5.16. The lowest BCUT2D eigenvalue weighted by atomic mass is 9.88. The molecule has 2 amide bonds. The Morgan fingerprint density at radius 1 is 1.10 bits per heavy atom. The van der Waals surface area contributed by atoms with E-state index in [1.807, 2.05) is 0 Å². The zero-order valence-electron chi connectivity index (χ0n) is 27.0. The number of piperidine rings is 1. The summed E-state index contributed by atoms with van der Waals surface area (Å²) in [5.74, 6) is -1.68. The number of aromatic nitrogens is 3. The van der Waals surface area contributed by atoms with Crippen molar-refractivity contribution in [2.45, 2.75) is 69.9 Å². The number of phosphoric ester groups is 1. The Kier molecular flexibility index (Phi) is 11.2. The molecule has 4 heterocycles. The molecule has 19 heteroatoms. The molecule has 1 aliphatic carbocycles. The second-order valence-corrected chi connectivity index (χ2v) is 14.0. The lowest BCUT2D eigenvalue weighted by Gasteiger charge is -2.36. The second kappa shape index (κ2) is 15.6. The molecular formula is C32H33ClF2N5O10P-2. The summed E-state index contributed by atoms with van der Waals surface area (Å²) >= 11 is 6.05. The number of fused-ring (bicyclic) bond motifs is 1. The number of halogens is 3. The number of rotatable bonds is 12. The Bertz CT molecular complexity index is 1790. The number of nitrogens with zero attached hydrogens (tertiary/aromatic N) is 5. The first kappa shape index (κ1) is 36.6. The number of cyclic esters (lactones) is 1. The number of ether oxygens (including phenoxy) is 3. The first-order valence-electron chi connectivity index (χ1n) is 16.2. The highest BCUT2D eigenvalue weighted by Gasteiger charge is 2.39. The Morgan fingerprint density at radius 3 is 2.53 bits per heavy atom. The molecule has 2 aromatic heterocycles. The zero-order chi connectivity index (χ0) is 36.3. The Hall–Kier alpha value is -4.15. The van der Waals surface area contributed by atoms with Gasteiger partial charge in [0.15, 0.2) is 6.73 Å². The van der Waals surface area contributed by atoms with Crippen molar-refractivity contribution in [2.75, 3.05) is 19.9 Å². The average molecular weight is 752 g/mol. The average Bonchev–Trinajstić information content (AvgIpc) is 3.74. The fourth-order valence-electron chi connectivity index (χ4n) is 6.40. The standard InChI is InChI=1S/C32H35ClF2N5O10P/c33-22-5-1-19(2-6-22)15-38(18-48-30(42)20-3-7-24(8-4-20)50-51(44,45)46)29(41)27-12-28(26(14-36-27)21-13-37-40(16-21)31(34)35)49-25-9-10-39-23(11-25)17-47-32(39)43/h1-2,5-6,12-14,16,20,23-25,31H,3-4,7-11,15,17-18H2,(H2,44,45,46)/p-2/t20?,23-,24?,25-/m0/s1. The topological polar surface area (TPSA) is 189 Å². The molecular weight excluding hydrogens is 719 g/mol.